The van der Waals surface area contributed by atoms with Crippen LogP contribution in [0.5, 0.6) is 0 Å². The van der Waals surface area contributed by atoms with Gasteiger partial charge in [-0.2, -0.15) is 0 Å². The van der Waals surface area contributed by atoms with E-state index < -0.39 is 0 Å². The van der Waals surface area contributed by atoms with Crippen LogP contribution in [0.1, 0.15) is 59.5 Å². The molecule has 1 N–H and O–H groups in total. The molecule has 0 spiro atoms. The molecule has 1 amide bonds. The molecule has 0 aromatic carbocycles. The zero-order valence-electron chi connectivity index (χ0n) is 13.6. The van der Waals surface area contributed by atoms with Gasteiger partial charge in [0.15, 0.2) is 0 Å². The maximum absolute atomic E-state index is 12.7. The van der Waals surface area contributed by atoms with Gasteiger partial charge in [-0.05, 0) is 49.8 Å². The molecular weight excluding hydrogens is 288 g/mol. The SMILES string of the molecule is CCCc1ncncc1C(=O)NC(c1cc(C)ccn1)C1CC1. The predicted molar refractivity (Wildman–Crippen MR) is 87.9 cm³/mol. The Morgan fingerprint density at radius 2 is 2.22 bits per heavy atom. The number of nitrogens with one attached hydrogen (secondary N) is 1. The first-order valence-electron chi connectivity index (χ1n) is 8.21. The smallest absolute Gasteiger partial charge is 0.255 e. The topological polar surface area (TPSA) is 67.8 Å². The van der Waals surface area contributed by atoms with Crippen LogP contribution in [0.15, 0.2) is 30.9 Å². The number of amides is 1. The summed E-state index contributed by atoms with van der Waals surface area (Å²) in [7, 11) is 0. The second kappa shape index (κ2) is 6.86. The standard InChI is InChI=1S/C18H22N4O/c1-3-4-15-14(10-19-11-21-15)18(23)22-17(13-5-6-13)16-9-12(2)7-8-20-16/h7-11,13,17H,3-6H2,1-2H3,(H,22,23). The van der Waals surface area contributed by atoms with E-state index in [2.05, 4.69) is 33.3 Å². The number of rotatable bonds is 6. The van der Waals surface area contributed by atoms with Gasteiger partial charge in [-0.1, -0.05) is 13.3 Å². The molecule has 1 atom stereocenters. The maximum Gasteiger partial charge on any atom is 0.255 e. The molecule has 2 aromatic rings. The van der Waals surface area contributed by atoms with E-state index in [0.29, 0.717) is 11.5 Å². The lowest BCUT2D eigenvalue weighted by atomic mass is 10.0. The van der Waals surface area contributed by atoms with E-state index in [0.717, 1.165) is 42.6 Å². The monoisotopic (exact) mass is 310 g/mol. The molecule has 0 bridgehead atoms. The Morgan fingerprint density at radius 3 is 2.91 bits per heavy atom. The van der Waals surface area contributed by atoms with Crippen molar-refractivity contribution < 1.29 is 4.79 Å². The Balaban J connectivity index is 1.82. The van der Waals surface area contributed by atoms with Crippen molar-refractivity contribution in [1.29, 1.82) is 0 Å². The molecule has 1 unspecified atom stereocenters. The first-order chi connectivity index (χ1) is 11.2. The minimum atomic E-state index is -0.103. The van der Waals surface area contributed by atoms with E-state index in [9.17, 15) is 4.79 Å². The number of carbonyl (C=O) groups is 1. The summed E-state index contributed by atoms with van der Waals surface area (Å²) >= 11 is 0. The summed E-state index contributed by atoms with van der Waals surface area (Å²) in [6.07, 6.45) is 8.91. The molecule has 1 aliphatic carbocycles. The molecule has 3 rings (SSSR count). The van der Waals surface area contributed by atoms with Gasteiger partial charge in [0.05, 0.1) is 23.0 Å². The van der Waals surface area contributed by atoms with Crippen LogP contribution in [0.2, 0.25) is 0 Å². The lowest BCUT2D eigenvalue weighted by molar-refractivity contribution is 0.0928. The highest BCUT2D eigenvalue weighted by molar-refractivity contribution is 5.95. The van der Waals surface area contributed by atoms with Crippen molar-refractivity contribution in [3.63, 3.8) is 0 Å². The van der Waals surface area contributed by atoms with E-state index >= 15 is 0 Å². The van der Waals surface area contributed by atoms with Gasteiger partial charge in [0.1, 0.15) is 6.33 Å². The molecule has 2 heterocycles. The summed E-state index contributed by atoms with van der Waals surface area (Å²) in [5.74, 6) is 0.377. The Kier molecular flexibility index (Phi) is 4.65. The number of carbonyl (C=O) groups excluding carboxylic acids is 1. The number of nitrogens with zero attached hydrogens (tertiary/aromatic N) is 3. The van der Waals surface area contributed by atoms with Crippen LogP contribution >= 0.6 is 0 Å². The fraction of sp³-hybridized carbons (Fsp3) is 0.444. The Hall–Kier alpha value is -2.30. The summed E-state index contributed by atoms with van der Waals surface area (Å²) in [6.45, 7) is 4.12. The molecule has 0 saturated heterocycles. The van der Waals surface area contributed by atoms with Crippen LogP contribution in [0.4, 0.5) is 0 Å². The molecule has 1 saturated carbocycles. The van der Waals surface area contributed by atoms with Crippen LogP contribution in [0.3, 0.4) is 0 Å². The van der Waals surface area contributed by atoms with Crippen molar-refractivity contribution in [2.45, 2.75) is 45.6 Å². The van der Waals surface area contributed by atoms with E-state index in [1.807, 2.05) is 13.0 Å². The van der Waals surface area contributed by atoms with Gasteiger partial charge in [-0.25, -0.2) is 9.97 Å². The summed E-state index contributed by atoms with van der Waals surface area (Å²) in [4.78, 5) is 25.5. The third kappa shape index (κ3) is 3.73. The third-order valence-corrected chi connectivity index (χ3v) is 4.16. The predicted octanol–water partition coefficient (Wildman–Crippen LogP) is 3.01. The fourth-order valence-corrected chi connectivity index (χ4v) is 2.79. The van der Waals surface area contributed by atoms with Crippen molar-refractivity contribution >= 4 is 5.91 Å². The summed E-state index contributed by atoms with van der Waals surface area (Å²) in [5.41, 5.74) is 3.48. The van der Waals surface area contributed by atoms with E-state index in [4.69, 9.17) is 0 Å². The lowest BCUT2D eigenvalue weighted by Crippen LogP contribution is -2.31. The average molecular weight is 310 g/mol. The van der Waals surface area contributed by atoms with Gasteiger partial charge in [-0.3, -0.25) is 9.78 Å². The fourth-order valence-electron chi connectivity index (χ4n) is 2.79. The number of aryl methyl sites for hydroxylation is 2. The van der Waals surface area contributed by atoms with E-state index in [-0.39, 0.29) is 11.9 Å². The van der Waals surface area contributed by atoms with Crippen molar-refractivity contribution in [1.82, 2.24) is 20.3 Å². The number of hydrogen-bond donors (Lipinski definition) is 1. The molecule has 0 aliphatic heterocycles. The molecule has 23 heavy (non-hydrogen) atoms. The first kappa shape index (κ1) is 15.6. The normalized spacial score (nSPS) is 15.2. The lowest BCUT2D eigenvalue weighted by Gasteiger charge is -2.19. The van der Waals surface area contributed by atoms with Crippen molar-refractivity contribution in [2.24, 2.45) is 5.92 Å². The Bertz CT molecular complexity index is 697. The summed E-state index contributed by atoms with van der Waals surface area (Å²) in [6, 6.07) is 3.99. The van der Waals surface area contributed by atoms with Gasteiger partial charge in [0.25, 0.3) is 5.91 Å². The molecule has 5 nitrogen and oxygen atoms in total. The number of aromatic nitrogens is 3. The molecule has 5 heteroatoms. The number of pyridine rings is 1. The van der Waals surface area contributed by atoms with Crippen molar-refractivity contribution in [2.75, 3.05) is 0 Å². The highest BCUT2D eigenvalue weighted by Crippen LogP contribution is 2.40. The Labute approximate surface area is 136 Å². The number of hydrogen-bond acceptors (Lipinski definition) is 4. The Morgan fingerprint density at radius 1 is 1.39 bits per heavy atom. The van der Waals surface area contributed by atoms with Gasteiger partial charge < -0.3 is 5.32 Å². The van der Waals surface area contributed by atoms with Gasteiger partial charge in [0.2, 0.25) is 0 Å². The highest BCUT2D eigenvalue weighted by Gasteiger charge is 2.34. The molecule has 2 aromatic heterocycles. The largest absolute Gasteiger partial charge is 0.343 e. The minimum Gasteiger partial charge on any atom is -0.343 e. The van der Waals surface area contributed by atoms with Gasteiger partial charge in [0, 0.05) is 12.4 Å². The van der Waals surface area contributed by atoms with Crippen molar-refractivity contribution in [3.8, 4) is 0 Å². The summed E-state index contributed by atoms with van der Waals surface area (Å²) < 4.78 is 0. The van der Waals surface area contributed by atoms with Crippen LogP contribution < -0.4 is 5.32 Å². The zero-order valence-corrected chi connectivity index (χ0v) is 13.6. The second-order valence-corrected chi connectivity index (χ2v) is 6.18. The van der Waals surface area contributed by atoms with E-state index in [1.165, 1.54) is 6.33 Å². The first-order valence-corrected chi connectivity index (χ1v) is 8.21. The molecule has 0 radical (unpaired) electrons. The third-order valence-electron chi connectivity index (χ3n) is 4.16. The van der Waals surface area contributed by atoms with Gasteiger partial charge in [-0.15, -0.1) is 0 Å². The molecular formula is C18H22N4O. The quantitative estimate of drug-likeness (QED) is 0.890. The van der Waals surface area contributed by atoms with Crippen LogP contribution in [0.25, 0.3) is 0 Å². The maximum atomic E-state index is 12.7. The summed E-state index contributed by atoms with van der Waals surface area (Å²) in [5, 5.41) is 3.16. The van der Waals surface area contributed by atoms with Crippen LogP contribution in [-0.4, -0.2) is 20.9 Å². The molecule has 1 fully saturated rings. The molecule has 1 aliphatic rings. The van der Waals surface area contributed by atoms with Crippen molar-refractivity contribution in [3.05, 3.63) is 53.4 Å². The zero-order chi connectivity index (χ0) is 16.2. The highest BCUT2D eigenvalue weighted by atomic mass is 16.1. The van der Waals surface area contributed by atoms with Gasteiger partial charge >= 0.3 is 0 Å². The minimum absolute atomic E-state index is 0.0305. The van der Waals surface area contributed by atoms with Crippen LogP contribution in [0, 0.1) is 12.8 Å². The van der Waals surface area contributed by atoms with E-state index in [1.54, 1.807) is 12.4 Å². The second-order valence-electron chi connectivity index (χ2n) is 6.18. The molecule has 120 valence electrons. The average Bonchev–Trinajstić information content (AvgIpc) is 3.38. The van der Waals surface area contributed by atoms with Crippen LogP contribution in [-0.2, 0) is 6.42 Å².